The molecule has 0 bridgehead atoms. The first-order chi connectivity index (χ1) is 9.61. The standard InChI is InChI=1S/C14H19NO5/c1-2-19-13(17)8-12(16)9-15-14(18)20-10-11-6-4-3-5-7-11/h3-7,12,16H,2,8-10H2,1H3,(H,15,18). The zero-order chi connectivity index (χ0) is 14.8. The van der Waals surface area contributed by atoms with Crippen molar-refractivity contribution in [3.05, 3.63) is 35.9 Å². The number of aliphatic hydroxyl groups excluding tert-OH is 1. The van der Waals surface area contributed by atoms with Gasteiger partial charge in [-0.15, -0.1) is 0 Å². The Morgan fingerprint density at radius 2 is 1.95 bits per heavy atom. The fourth-order valence-electron chi connectivity index (χ4n) is 1.46. The molecule has 1 amide bonds. The number of benzene rings is 1. The minimum atomic E-state index is -0.988. The molecule has 0 saturated carbocycles. The molecule has 1 rings (SSSR count). The smallest absolute Gasteiger partial charge is 0.407 e. The molecule has 1 atom stereocenters. The van der Waals surface area contributed by atoms with E-state index in [9.17, 15) is 14.7 Å². The van der Waals surface area contributed by atoms with Gasteiger partial charge in [-0.25, -0.2) is 4.79 Å². The van der Waals surface area contributed by atoms with Crippen LogP contribution in [-0.2, 0) is 20.9 Å². The van der Waals surface area contributed by atoms with Gasteiger partial charge in [-0.1, -0.05) is 30.3 Å². The number of alkyl carbamates (subject to hydrolysis) is 1. The monoisotopic (exact) mass is 281 g/mol. The molecule has 0 aliphatic rings. The van der Waals surface area contributed by atoms with Crippen molar-refractivity contribution >= 4 is 12.1 Å². The van der Waals surface area contributed by atoms with Gasteiger partial charge in [-0.05, 0) is 12.5 Å². The second-order valence-electron chi connectivity index (χ2n) is 4.11. The Morgan fingerprint density at radius 1 is 1.25 bits per heavy atom. The maximum absolute atomic E-state index is 11.4. The third-order valence-electron chi connectivity index (χ3n) is 2.40. The second kappa shape index (κ2) is 8.92. The maximum Gasteiger partial charge on any atom is 0.407 e. The second-order valence-corrected chi connectivity index (χ2v) is 4.11. The van der Waals surface area contributed by atoms with Crippen molar-refractivity contribution in [3.63, 3.8) is 0 Å². The Morgan fingerprint density at radius 3 is 2.60 bits per heavy atom. The average Bonchev–Trinajstić information content (AvgIpc) is 2.44. The first-order valence-electron chi connectivity index (χ1n) is 6.40. The molecule has 1 aromatic carbocycles. The van der Waals surface area contributed by atoms with Crippen molar-refractivity contribution in [3.8, 4) is 0 Å². The van der Waals surface area contributed by atoms with Crippen molar-refractivity contribution in [1.29, 1.82) is 0 Å². The highest BCUT2D eigenvalue weighted by atomic mass is 16.5. The Bertz CT molecular complexity index is 421. The van der Waals surface area contributed by atoms with Crippen molar-refractivity contribution in [2.75, 3.05) is 13.2 Å². The lowest BCUT2D eigenvalue weighted by molar-refractivity contribution is -0.145. The first-order valence-corrected chi connectivity index (χ1v) is 6.40. The molecule has 0 saturated heterocycles. The van der Waals surface area contributed by atoms with E-state index in [1.54, 1.807) is 6.92 Å². The number of nitrogens with one attached hydrogen (secondary N) is 1. The fourth-order valence-corrected chi connectivity index (χ4v) is 1.46. The van der Waals surface area contributed by atoms with E-state index >= 15 is 0 Å². The number of carbonyl (C=O) groups is 2. The number of rotatable bonds is 7. The first kappa shape index (κ1) is 16.0. The van der Waals surface area contributed by atoms with Crippen molar-refractivity contribution in [2.24, 2.45) is 0 Å². The van der Waals surface area contributed by atoms with E-state index in [1.165, 1.54) is 0 Å². The molecule has 6 heteroatoms. The van der Waals surface area contributed by atoms with Crippen LogP contribution in [0.4, 0.5) is 4.79 Å². The third-order valence-corrected chi connectivity index (χ3v) is 2.40. The number of carbonyl (C=O) groups excluding carboxylic acids is 2. The molecule has 0 aliphatic heterocycles. The minimum absolute atomic E-state index is 0.0631. The van der Waals surface area contributed by atoms with E-state index in [0.29, 0.717) is 0 Å². The van der Waals surface area contributed by atoms with Crippen LogP contribution in [0.15, 0.2) is 30.3 Å². The van der Waals surface area contributed by atoms with Crippen LogP contribution in [0.5, 0.6) is 0 Å². The lowest BCUT2D eigenvalue weighted by atomic mass is 10.2. The SMILES string of the molecule is CCOC(=O)CC(O)CNC(=O)OCc1ccccc1. The summed E-state index contributed by atoms with van der Waals surface area (Å²) in [5.41, 5.74) is 0.870. The summed E-state index contributed by atoms with van der Waals surface area (Å²) in [5, 5.41) is 11.9. The summed E-state index contributed by atoms with van der Waals surface area (Å²) in [4.78, 5) is 22.5. The topological polar surface area (TPSA) is 84.9 Å². The summed E-state index contributed by atoms with van der Waals surface area (Å²) >= 11 is 0. The quantitative estimate of drug-likeness (QED) is 0.734. The Kier molecular flexibility index (Phi) is 7.13. The van der Waals surface area contributed by atoms with Gasteiger partial charge in [0.25, 0.3) is 0 Å². The van der Waals surface area contributed by atoms with Gasteiger partial charge in [-0.2, -0.15) is 0 Å². The molecule has 0 aliphatic carbocycles. The largest absolute Gasteiger partial charge is 0.466 e. The normalized spacial score (nSPS) is 11.5. The number of amides is 1. The molecule has 0 radical (unpaired) electrons. The van der Waals surface area contributed by atoms with Crippen LogP contribution in [0.3, 0.4) is 0 Å². The van der Waals surface area contributed by atoms with Crippen LogP contribution >= 0.6 is 0 Å². The molecule has 6 nitrogen and oxygen atoms in total. The van der Waals surface area contributed by atoms with Gasteiger partial charge in [0, 0.05) is 6.54 Å². The molecular weight excluding hydrogens is 262 g/mol. The lowest BCUT2D eigenvalue weighted by Gasteiger charge is -2.11. The lowest BCUT2D eigenvalue weighted by Crippen LogP contribution is -2.33. The molecule has 20 heavy (non-hydrogen) atoms. The number of hydrogen-bond acceptors (Lipinski definition) is 5. The molecule has 1 aromatic rings. The highest BCUT2D eigenvalue weighted by Crippen LogP contribution is 2.00. The predicted octanol–water partition coefficient (Wildman–Crippen LogP) is 1.23. The van der Waals surface area contributed by atoms with E-state index in [4.69, 9.17) is 4.74 Å². The predicted molar refractivity (Wildman–Crippen MR) is 71.9 cm³/mol. The summed E-state index contributed by atoms with van der Waals surface area (Å²) in [5.74, 6) is -0.501. The summed E-state index contributed by atoms with van der Waals surface area (Å²) in [6, 6.07) is 9.24. The van der Waals surface area contributed by atoms with Crippen LogP contribution in [0.25, 0.3) is 0 Å². The van der Waals surface area contributed by atoms with Gasteiger partial charge in [0.2, 0.25) is 0 Å². The summed E-state index contributed by atoms with van der Waals surface area (Å²) in [6.07, 6.45) is -1.79. The van der Waals surface area contributed by atoms with Crippen molar-refractivity contribution in [2.45, 2.75) is 26.1 Å². The molecule has 0 aromatic heterocycles. The molecular formula is C14H19NO5. The highest BCUT2D eigenvalue weighted by Gasteiger charge is 2.13. The Hall–Kier alpha value is -2.08. The Balaban J connectivity index is 2.18. The van der Waals surface area contributed by atoms with E-state index in [2.05, 4.69) is 10.1 Å². The van der Waals surface area contributed by atoms with Crippen LogP contribution in [0, 0.1) is 0 Å². The van der Waals surface area contributed by atoms with Crippen LogP contribution < -0.4 is 5.32 Å². The zero-order valence-electron chi connectivity index (χ0n) is 11.4. The molecule has 110 valence electrons. The fraction of sp³-hybridized carbons (Fsp3) is 0.429. The van der Waals surface area contributed by atoms with E-state index in [-0.39, 0.29) is 26.2 Å². The van der Waals surface area contributed by atoms with Gasteiger partial charge >= 0.3 is 12.1 Å². The van der Waals surface area contributed by atoms with Gasteiger partial charge in [0.1, 0.15) is 6.61 Å². The third kappa shape index (κ3) is 6.75. The van der Waals surface area contributed by atoms with Crippen LogP contribution in [0.1, 0.15) is 18.9 Å². The number of aliphatic hydroxyl groups is 1. The van der Waals surface area contributed by atoms with E-state index in [1.807, 2.05) is 30.3 Å². The Labute approximate surface area is 117 Å². The zero-order valence-corrected chi connectivity index (χ0v) is 11.4. The minimum Gasteiger partial charge on any atom is -0.466 e. The van der Waals surface area contributed by atoms with Crippen LogP contribution in [0.2, 0.25) is 0 Å². The summed E-state index contributed by atoms with van der Waals surface area (Å²) in [6.45, 7) is 2.04. The molecule has 2 N–H and O–H groups in total. The highest BCUT2D eigenvalue weighted by molar-refractivity contribution is 5.70. The van der Waals surface area contributed by atoms with Crippen LogP contribution in [-0.4, -0.2) is 36.4 Å². The maximum atomic E-state index is 11.4. The van der Waals surface area contributed by atoms with E-state index in [0.717, 1.165) is 5.56 Å². The molecule has 0 heterocycles. The number of hydrogen-bond donors (Lipinski definition) is 2. The van der Waals surface area contributed by atoms with Gasteiger partial charge < -0.3 is 19.9 Å². The van der Waals surface area contributed by atoms with Crippen molar-refractivity contribution < 1.29 is 24.2 Å². The summed E-state index contributed by atoms with van der Waals surface area (Å²) in [7, 11) is 0. The van der Waals surface area contributed by atoms with Crippen molar-refractivity contribution in [1.82, 2.24) is 5.32 Å². The summed E-state index contributed by atoms with van der Waals surface area (Å²) < 4.78 is 9.64. The molecule has 0 fully saturated rings. The van der Waals surface area contributed by atoms with E-state index < -0.39 is 18.2 Å². The van der Waals surface area contributed by atoms with Gasteiger partial charge in [0.05, 0.1) is 19.1 Å². The average molecular weight is 281 g/mol. The van der Waals surface area contributed by atoms with Gasteiger partial charge in [0.15, 0.2) is 0 Å². The number of esters is 1. The molecule has 0 spiro atoms. The van der Waals surface area contributed by atoms with Gasteiger partial charge in [-0.3, -0.25) is 4.79 Å². The molecule has 1 unspecified atom stereocenters. The number of ether oxygens (including phenoxy) is 2.